The van der Waals surface area contributed by atoms with Crippen LogP contribution >= 0.6 is 34.0 Å². The van der Waals surface area contributed by atoms with Gasteiger partial charge in [-0.3, -0.25) is 24.0 Å². The fourth-order valence-electron chi connectivity index (χ4n) is 7.62. The highest BCUT2D eigenvalue weighted by molar-refractivity contribution is 7.16. The van der Waals surface area contributed by atoms with Crippen LogP contribution in [0.25, 0.3) is 17.1 Å². The van der Waals surface area contributed by atoms with Gasteiger partial charge < -0.3 is 46.6 Å². The van der Waals surface area contributed by atoms with Gasteiger partial charge in [0.2, 0.25) is 0 Å². The number of thiophene rings is 3. The molecule has 0 unspecified atom stereocenters. The third-order valence-corrected chi connectivity index (χ3v) is 15.1. The van der Waals surface area contributed by atoms with Crippen LogP contribution in [0.2, 0.25) is 0 Å². The number of amides is 5. The molecule has 27 heteroatoms. The number of ether oxygens (including phenoxy) is 1. The SMILES string of the molecule is Cc1cc(O)ccc1NC(=O)c1ccc(C(=O)Nc2ccc(-n3cncn3)cc2)s1.Cc1cc(OCCO)ccc1NC(=O)c1ccc(C(=O)Nc2ccc(-n3cncn3)cc2)s1.O=C(O)c1ccc(C(=O)Nc2ccc(-n3cncn3)cc2)s1. The van der Waals surface area contributed by atoms with Crippen molar-refractivity contribution < 1.29 is 48.8 Å². The van der Waals surface area contributed by atoms with E-state index in [9.17, 15) is 33.9 Å². The highest BCUT2D eigenvalue weighted by Crippen LogP contribution is 2.27. The maximum absolute atomic E-state index is 12.7. The Kier molecular flexibility index (Phi) is 19.1. The number of rotatable bonds is 17. The lowest BCUT2D eigenvalue weighted by molar-refractivity contribution is 0.0701. The molecule has 0 fully saturated rings. The number of phenols is 1. The average molecular weight is 1200 g/mol. The molecule has 0 saturated carbocycles. The minimum Gasteiger partial charge on any atom is -0.508 e. The van der Waals surface area contributed by atoms with Gasteiger partial charge >= 0.3 is 5.97 Å². The van der Waals surface area contributed by atoms with Gasteiger partial charge in [-0.2, -0.15) is 15.3 Å². The smallest absolute Gasteiger partial charge is 0.345 e. The summed E-state index contributed by atoms with van der Waals surface area (Å²) >= 11 is 3.15. The van der Waals surface area contributed by atoms with Crippen LogP contribution < -0.4 is 31.3 Å². The molecule has 85 heavy (non-hydrogen) atoms. The van der Waals surface area contributed by atoms with Crippen LogP contribution in [0.15, 0.2) is 184 Å². The Labute approximate surface area is 494 Å². The van der Waals surface area contributed by atoms with Crippen LogP contribution in [0.3, 0.4) is 0 Å². The van der Waals surface area contributed by atoms with Crippen molar-refractivity contribution in [2.45, 2.75) is 13.8 Å². The maximum Gasteiger partial charge on any atom is 0.345 e. The number of aromatic nitrogens is 9. The number of phenolic OH excluding ortho intramolecular Hbond substituents is 1. The van der Waals surface area contributed by atoms with Gasteiger partial charge in [0.15, 0.2) is 0 Å². The van der Waals surface area contributed by atoms with Crippen molar-refractivity contribution in [2.75, 3.05) is 39.8 Å². The van der Waals surface area contributed by atoms with Crippen molar-refractivity contribution >= 4 is 98.0 Å². The minimum absolute atomic E-state index is 0.0693. The second-order valence-electron chi connectivity index (χ2n) is 17.8. The quantitative estimate of drug-likeness (QED) is 0.0393. The number of aromatic hydroxyl groups is 1. The first kappa shape index (κ1) is 58.6. The molecule has 5 aromatic carbocycles. The van der Waals surface area contributed by atoms with Crippen molar-refractivity contribution in [3.8, 4) is 28.6 Å². The molecule has 0 radical (unpaired) electrons. The minimum atomic E-state index is -1.04. The molecule has 428 valence electrons. The number of hydrogen-bond acceptors (Lipinski definition) is 18. The number of aliphatic hydroxyl groups excluding tert-OH is 1. The number of anilines is 5. The van der Waals surface area contributed by atoms with Gasteiger partial charge in [-0.1, -0.05) is 0 Å². The van der Waals surface area contributed by atoms with Crippen molar-refractivity contribution in [3.63, 3.8) is 0 Å². The Hall–Kier alpha value is -11.0. The summed E-state index contributed by atoms with van der Waals surface area (Å²) in [7, 11) is 0. The summed E-state index contributed by atoms with van der Waals surface area (Å²) < 4.78 is 10.2. The Morgan fingerprint density at radius 3 is 1.11 bits per heavy atom. The van der Waals surface area contributed by atoms with Gasteiger partial charge in [-0.05, 0) is 171 Å². The summed E-state index contributed by atoms with van der Waals surface area (Å²) in [5, 5.41) is 53.3. The number of carbonyl (C=O) groups is 6. The highest BCUT2D eigenvalue weighted by Gasteiger charge is 2.18. The largest absolute Gasteiger partial charge is 0.508 e. The van der Waals surface area contributed by atoms with E-state index in [1.54, 1.807) is 143 Å². The first-order chi connectivity index (χ1) is 41.2. The molecule has 11 rings (SSSR count). The van der Waals surface area contributed by atoms with Gasteiger partial charge in [0.05, 0.1) is 48.1 Å². The van der Waals surface area contributed by atoms with Crippen molar-refractivity contribution in [1.29, 1.82) is 0 Å². The topological polar surface area (TPSA) is 325 Å². The van der Waals surface area contributed by atoms with E-state index in [0.717, 1.165) is 62.2 Å². The molecular formula is C58H48N14O10S3. The Bertz CT molecular complexity index is 4090. The summed E-state index contributed by atoms with van der Waals surface area (Å²) in [4.78, 5) is 86.9. The number of nitrogens with zero attached hydrogens (tertiary/aromatic N) is 9. The molecule has 0 spiro atoms. The summed E-state index contributed by atoms with van der Waals surface area (Å²) in [5.74, 6) is -1.85. The normalized spacial score (nSPS) is 10.5. The second-order valence-corrected chi connectivity index (χ2v) is 21.0. The summed E-state index contributed by atoms with van der Waals surface area (Å²) in [6.45, 7) is 3.77. The molecule has 5 amide bonds. The van der Waals surface area contributed by atoms with Crippen LogP contribution in [0, 0.1) is 13.8 Å². The molecule has 8 N–H and O–H groups in total. The second kappa shape index (κ2) is 27.6. The van der Waals surface area contributed by atoms with Crippen LogP contribution in [-0.2, 0) is 0 Å². The molecule has 0 aliphatic rings. The molecule has 0 aliphatic carbocycles. The Balaban J connectivity index is 0.000000156. The summed E-state index contributed by atoms with van der Waals surface area (Å²) in [5.41, 5.74) is 7.14. The number of hydrogen-bond donors (Lipinski definition) is 8. The molecule has 0 atom stereocenters. The molecule has 6 aromatic heterocycles. The number of nitrogens with one attached hydrogen (secondary N) is 5. The van der Waals surface area contributed by atoms with Crippen molar-refractivity contribution in [3.05, 3.63) is 224 Å². The molecule has 24 nitrogen and oxygen atoms in total. The van der Waals surface area contributed by atoms with Gasteiger partial charge in [0.1, 0.15) is 60.9 Å². The molecule has 0 bridgehead atoms. The zero-order valence-electron chi connectivity index (χ0n) is 44.7. The van der Waals surface area contributed by atoms with E-state index >= 15 is 0 Å². The molecular weight excluding hydrogens is 1150 g/mol. The molecule has 11 aromatic rings. The van der Waals surface area contributed by atoms with Gasteiger partial charge in [-0.25, -0.2) is 33.8 Å². The molecule has 0 aliphatic heterocycles. The number of benzene rings is 5. The Morgan fingerprint density at radius 2 is 0.788 bits per heavy atom. The van der Waals surface area contributed by atoms with E-state index in [1.807, 2.05) is 31.2 Å². The third kappa shape index (κ3) is 15.7. The van der Waals surface area contributed by atoms with Gasteiger partial charge in [0, 0.05) is 28.4 Å². The fourth-order valence-corrected chi connectivity index (χ4v) is 9.95. The number of aryl methyl sites for hydroxylation is 2. The maximum atomic E-state index is 12.7. The average Bonchev–Trinajstić information content (AvgIpc) is 4.57. The number of aliphatic hydroxyl groups is 1. The number of carboxylic acid groups (broad SMARTS) is 1. The lowest BCUT2D eigenvalue weighted by atomic mass is 10.2. The van der Waals surface area contributed by atoms with Gasteiger partial charge in [-0.15, -0.1) is 34.0 Å². The van der Waals surface area contributed by atoms with E-state index in [-0.39, 0.29) is 53.4 Å². The highest BCUT2D eigenvalue weighted by atomic mass is 32.1. The van der Waals surface area contributed by atoms with E-state index in [0.29, 0.717) is 58.6 Å². The van der Waals surface area contributed by atoms with E-state index < -0.39 is 5.97 Å². The number of carboxylic acids is 1. The van der Waals surface area contributed by atoms with E-state index in [2.05, 4.69) is 56.8 Å². The van der Waals surface area contributed by atoms with E-state index in [1.165, 1.54) is 37.2 Å². The van der Waals surface area contributed by atoms with Crippen LogP contribution in [-0.4, -0.2) is 108 Å². The number of carbonyl (C=O) groups excluding carboxylic acids is 5. The van der Waals surface area contributed by atoms with E-state index in [4.69, 9.17) is 14.9 Å². The third-order valence-electron chi connectivity index (χ3n) is 11.8. The fraction of sp³-hybridized carbons (Fsp3) is 0.0690. The number of aromatic carboxylic acids is 1. The first-order valence-electron chi connectivity index (χ1n) is 25.2. The lowest BCUT2D eigenvalue weighted by Crippen LogP contribution is -2.12. The standard InChI is InChI=1S/C23H21N5O4S.C21H17N5O3S.C14H10N4O3S/c1-15-12-18(32-11-10-29)6-7-19(15)27-23(31)21-9-8-20(33-21)22(30)26-16-2-4-17(5-3-16)28-14-24-13-25-28;1-13-10-16(27)6-7-17(13)25-21(29)19-9-8-18(30-19)20(28)24-14-2-4-15(5-3-14)26-12-22-11-23-26;19-13(11-5-6-12(22-11)14(20)21)17-9-1-3-10(4-2-9)18-8-15-7-16-18/h2-9,12-14,29H,10-11H2,1H3,(H,26,30)(H,27,31);2-12,27H,1H3,(H,24,28)(H,25,29);1-8H,(H,17,19)(H,20,21). The summed E-state index contributed by atoms with van der Waals surface area (Å²) in [6, 6.07) is 40.7. The lowest BCUT2D eigenvalue weighted by Gasteiger charge is -2.10. The zero-order chi connectivity index (χ0) is 59.8. The van der Waals surface area contributed by atoms with Crippen LogP contribution in [0.5, 0.6) is 11.5 Å². The first-order valence-corrected chi connectivity index (χ1v) is 27.7. The van der Waals surface area contributed by atoms with Crippen molar-refractivity contribution in [1.82, 2.24) is 44.3 Å². The monoisotopic (exact) mass is 1200 g/mol. The van der Waals surface area contributed by atoms with Crippen molar-refractivity contribution in [2.24, 2.45) is 0 Å². The Morgan fingerprint density at radius 1 is 0.447 bits per heavy atom. The van der Waals surface area contributed by atoms with Crippen LogP contribution in [0.1, 0.15) is 69.2 Å². The van der Waals surface area contributed by atoms with Gasteiger partial charge in [0.25, 0.3) is 29.5 Å². The van der Waals surface area contributed by atoms with Crippen LogP contribution in [0.4, 0.5) is 28.4 Å². The zero-order valence-corrected chi connectivity index (χ0v) is 47.1. The summed E-state index contributed by atoms with van der Waals surface area (Å²) in [6.07, 6.45) is 9.09. The predicted molar refractivity (Wildman–Crippen MR) is 320 cm³/mol. The predicted octanol–water partition coefficient (Wildman–Crippen LogP) is 9.64. The molecule has 0 saturated heterocycles. The molecule has 6 heterocycles.